The fourth-order valence-corrected chi connectivity index (χ4v) is 3.06. The zero-order valence-electron chi connectivity index (χ0n) is 17.4. The standard InChI is InChI=1S/C19H34N4O5/c1-10(2)9-14(19(27)28)22-18(26)15(11(3)4)23-16(24)12(5)21-17(25)13-7-6-8-20-13/h10-15,20H,6-9H2,1-5H3,(H,21,25)(H,22,26)(H,23,24)(H,27,28). The quantitative estimate of drug-likeness (QED) is 0.351. The summed E-state index contributed by atoms with van der Waals surface area (Å²) < 4.78 is 0. The Kier molecular flexibility index (Phi) is 9.37. The molecule has 0 aromatic carbocycles. The van der Waals surface area contributed by atoms with Gasteiger partial charge in [0, 0.05) is 0 Å². The number of nitrogens with one attached hydrogen (secondary N) is 4. The van der Waals surface area contributed by atoms with Gasteiger partial charge in [0.05, 0.1) is 6.04 Å². The highest BCUT2D eigenvalue weighted by molar-refractivity contribution is 5.94. The van der Waals surface area contributed by atoms with E-state index in [4.69, 9.17) is 0 Å². The van der Waals surface area contributed by atoms with E-state index in [2.05, 4.69) is 21.3 Å². The summed E-state index contributed by atoms with van der Waals surface area (Å²) in [6, 6.07) is -3.02. The summed E-state index contributed by atoms with van der Waals surface area (Å²) in [6.45, 7) is 9.58. The predicted octanol–water partition coefficient (Wildman–Crippen LogP) is -0.000600. The van der Waals surface area contributed by atoms with Gasteiger partial charge in [-0.1, -0.05) is 27.7 Å². The fourth-order valence-electron chi connectivity index (χ4n) is 3.06. The average Bonchev–Trinajstić information content (AvgIpc) is 3.12. The first-order valence-electron chi connectivity index (χ1n) is 9.90. The summed E-state index contributed by atoms with van der Waals surface area (Å²) in [5.41, 5.74) is 0. The van der Waals surface area contributed by atoms with Crippen molar-refractivity contribution in [1.29, 1.82) is 0 Å². The molecule has 1 saturated heterocycles. The van der Waals surface area contributed by atoms with Crippen molar-refractivity contribution < 1.29 is 24.3 Å². The molecule has 1 fully saturated rings. The molecule has 4 atom stereocenters. The van der Waals surface area contributed by atoms with Gasteiger partial charge in [-0.15, -0.1) is 0 Å². The lowest BCUT2D eigenvalue weighted by Crippen LogP contribution is -2.57. The highest BCUT2D eigenvalue weighted by atomic mass is 16.4. The number of carbonyl (C=O) groups is 4. The lowest BCUT2D eigenvalue weighted by molar-refractivity contribution is -0.143. The predicted molar refractivity (Wildman–Crippen MR) is 104 cm³/mol. The van der Waals surface area contributed by atoms with E-state index in [1.54, 1.807) is 20.8 Å². The third kappa shape index (κ3) is 7.46. The summed E-state index contributed by atoms with van der Waals surface area (Å²) >= 11 is 0. The zero-order valence-corrected chi connectivity index (χ0v) is 17.4. The summed E-state index contributed by atoms with van der Waals surface area (Å²) in [4.78, 5) is 48.6. The second kappa shape index (κ2) is 11.0. The van der Waals surface area contributed by atoms with E-state index < -0.39 is 35.9 Å². The molecule has 5 N–H and O–H groups in total. The first-order chi connectivity index (χ1) is 13.0. The van der Waals surface area contributed by atoms with Gasteiger partial charge in [0.1, 0.15) is 18.1 Å². The minimum absolute atomic E-state index is 0.0907. The van der Waals surface area contributed by atoms with Crippen molar-refractivity contribution in [3.63, 3.8) is 0 Å². The van der Waals surface area contributed by atoms with Crippen molar-refractivity contribution in [3.05, 3.63) is 0 Å². The molecule has 0 bridgehead atoms. The van der Waals surface area contributed by atoms with Gasteiger partial charge < -0.3 is 26.4 Å². The van der Waals surface area contributed by atoms with Crippen LogP contribution >= 0.6 is 0 Å². The van der Waals surface area contributed by atoms with Crippen LogP contribution in [0.5, 0.6) is 0 Å². The molecule has 3 amide bonds. The largest absolute Gasteiger partial charge is 0.480 e. The zero-order chi connectivity index (χ0) is 21.4. The Morgan fingerprint density at radius 3 is 2.11 bits per heavy atom. The van der Waals surface area contributed by atoms with Crippen molar-refractivity contribution in [1.82, 2.24) is 21.3 Å². The molecule has 9 nitrogen and oxygen atoms in total. The van der Waals surface area contributed by atoms with E-state index in [0.29, 0.717) is 6.42 Å². The van der Waals surface area contributed by atoms with Crippen LogP contribution in [0.2, 0.25) is 0 Å². The summed E-state index contributed by atoms with van der Waals surface area (Å²) in [5, 5.41) is 20.2. The average molecular weight is 399 g/mol. The molecule has 0 aromatic heterocycles. The smallest absolute Gasteiger partial charge is 0.326 e. The molecular formula is C19H34N4O5. The van der Waals surface area contributed by atoms with Gasteiger partial charge in [0.2, 0.25) is 17.7 Å². The van der Waals surface area contributed by atoms with E-state index >= 15 is 0 Å². The number of amides is 3. The molecular weight excluding hydrogens is 364 g/mol. The first-order valence-corrected chi connectivity index (χ1v) is 9.90. The van der Waals surface area contributed by atoms with Gasteiger partial charge >= 0.3 is 5.97 Å². The lowest BCUT2D eigenvalue weighted by Gasteiger charge is -2.26. The molecule has 0 spiro atoms. The van der Waals surface area contributed by atoms with Gasteiger partial charge in [-0.2, -0.15) is 0 Å². The Hall–Kier alpha value is -2.16. The summed E-state index contributed by atoms with van der Waals surface area (Å²) in [5.74, 6) is -2.55. The Morgan fingerprint density at radius 2 is 1.64 bits per heavy atom. The Bertz CT molecular complexity index is 573. The molecule has 1 aliphatic heterocycles. The third-order valence-corrected chi connectivity index (χ3v) is 4.70. The van der Waals surface area contributed by atoms with E-state index in [9.17, 15) is 24.3 Å². The minimum Gasteiger partial charge on any atom is -0.480 e. The van der Waals surface area contributed by atoms with E-state index in [0.717, 1.165) is 19.4 Å². The SMILES string of the molecule is CC(C)CC(NC(=O)C(NC(=O)C(C)NC(=O)C1CCCN1)C(C)C)C(=O)O. The molecule has 4 unspecified atom stereocenters. The van der Waals surface area contributed by atoms with Crippen LogP contribution in [0.1, 0.15) is 53.9 Å². The van der Waals surface area contributed by atoms with Gasteiger partial charge in [-0.3, -0.25) is 14.4 Å². The van der Waals surface area contributed by atoms with Crippen LogP contribution in [0.15, 0.2) is 0 Å². The van der Waals surface area contributed by atoms with Gasteiger partial charge in [-0.05, 0) is 44.6 Å². The van der Waals surface area contributed by atoms with Crippen LogP contribution in [0.3, 0.4) is 0 Å². The number of aliphatic carboxylic acids is 1. The Morgan fingerprint density at radius 1 is 1.00 bits per heavy atom. The van der Waals surface area contributed by atoms with Crippen molar-refractivity contribution >= 4 is 23.7 Å². The highest BCUT2D eigenvalue weighted by Gasteiger charge is 2.31. The number of hydrogen-bond acceptors (Lipinski definition) is 5. The molecule has 0 radical (unpaired) electrons. The molecule has 0 saturated carbocycles. The van der Waals surface area contributed by atoms with E-state index in [1.807, 2.05) is 13.8 Å². The second-order valence-corrected chi connectivity index (χ2v) is 8.14. The summed E-state index contributed by atoms with van der Waals surface area (Å²) in [7, 11) is 0. The number of carboxylic acid groups (broad SMARTS) is 1. The lowest BCUT2D eigenvalue weighted by atomic mass is 10.00. The summed E-state index contributed by atoms with van der Waals surface area (Å²) in [6.07, 6.45) is 1.93. The highest BCUT2D eigenvalue weighted by Crippen LogP contribution is 2.09. The number of hydrogen-bond donors (Lipinski definition) is 5. The van der Waals surface area contributed by atoms with Crippen LogP contribution in [0.25, 0.3) is 0 Å². The molecule has 0 aromatic rings. The fraction of sp³-hybridized carbons (Fsp3) is 0.789. The Labute approximate surface area is 166 Å². The maximum absolute atomic E-state index is 12.6. The monoisotopic (exact) mass is 398 g/mol. The number of rotatable bonds is 10. The maximum atomic E-state index is 12.6. The van der Waals surface area contributed by atoms with Gasteiger partial charge in [-0.25, -0.2) is 4.79 Å². The Balaban J connectivity index is 2.68. The van der Waals surface area contributed by atoms with Gasteiger partial charge in [0.15, 0.2) is 0 Å². The van der Waals surface area contributed by atoms with Gasteiger partial charge in [0.25, 0.3) is 0 Å². The molecule has 28 heavy (non-hydrogen) atoms. The van der Waals surface area contributed by atoms with Crippen molar-refractivity contribution in [3.8, 4) is 0 Å². The molecule has 9 heteroatoms. The van der Waals surface area contributed by atoms with Crippen LogP contribution in [-0.4, -0.2) is 59.5 Å². The number of carbonyl (C=O) groups excluding carboxylic acids is 3. The van der Waals surface area contributed by atoms with Crippen LogP contribution in [-0.2, 0) is 19.2 Å². The second-order valence-electron chi connectivity index (χ2n) is 8.14. The van der Waals surface area contributed by atoms with E-state index in [-0.39, 0.29) is 23.8 Å². The molecule has 1 aliphatic rings. The van der Waals surface area contributed by atoms with Crippen molar-refractivity contribution in [2.75, 3.05) is 6.54 Å². The van der Waals surface area contributed by atoms with Crippen molar-refractivity contribution in [2.24, 2.45) is 11.8 Å². The molecule has 160 valence electrons. The molecule has 1 rings (SSSR count). The minimum atomic E-state index is -1.11. The first kappa shape index (κ1) is 23.9. The molecule has 0 aliphatic carbocycles. The van der Waals surface area contributed by atoms with E-state index in [1.165, 1.54) is 0 Å². The normalized spacial score (nSPS) is 19.8. The third-order valence-electron chi connectivity index (χ3n) is 4.70. The van der Waals surface area contributed by atoms with Crippen molar-refractivity contribution in [2.45, 2.75) is 78.0 Å². The topological polar surface area (TPSA) is 137 Å². The van der Waals surface area contributed by atoms with Crippen LogP contribution < -0.4 is 21.3 Å². The van der Waals surface area contributed by atoms with Crippen LogP contribution in [0, 0.1) is 11.8 Å². The number of carboxylic acids is 1. The molecule has 1 heterocycles. The maximum Gasteiger partial charge on any atom is 0.326 e. The van der Waals surface area contributed by atoms with Crippen LogP contribution in [0.4, 0.5) is 0 Å².